The molecule has 2 fully saturated rings. The Morgan fingerprint density at radius 1 is 1.35 bits per heavy atom. The van der Waals surface area contributed by atoms with E-state index in [4.69, 9.17) is 14.2 Å². The van der Waals surface area contributed by atoms with Gasteiger partial charge in [0, 0.05) is 30.9 Å². The van der Waals surface area contributed by atoms with Crippen LogP contribution in [0, 0.1) is 6.92 Å². The SMILES string of the molecule is COc1cc(C)ccc1OCC(=O)NCC1(N2CCOCC2)CCSC1. The Morgan fingerprint density at radius 2 is 2.15 bits per heavy atom. The first kappa shape index (κ1) is 19.3. The second-order valence-electron chi connectivity index (χ2n) is 6.85. The number of morpholine rings is 1. The van der Waals surface area contributed by atoms with E-state index < -0.39 is 0 Å². The summed E-state index contributed by atoms with van der Waals surface area (Å²) in [7, 11) is 1.60. The first-order valence-electron chi connectivity index (χ1n) is 9.08. The van der Waals surface area contributed by atoms with Crippen molar-refractivity contribution < 1.29 is 19.0 Å². The lowest BCUT2D eigenvalue weighted by Gasteiger charge is -2.43. The van der Waals surface area contributed by atoms with E-state index in [1.807, 2.05) is 36.9 Å². The quantitative estimate of drug-likeness (QED) is 0.777. The van der Waals surface area contributed by atoms with Crippen molar-refractivity contribution >= 4 is 17.7 Å². The molecule has 0 saturated carbocycles. The van der Waals surface area contributed by atoms with Crippen molar-refractivity contribution in [3.63, 3.8) is 0 Å². The zero-order valence-corrected chi connectivity index (χ0v) is 16.4. The summed E-state index contributed by atoms with van der Waals surface area (Å²) in [5, 5.41) is 3.08. The lowest BCUT2D eigenvalue weighted by molar-refractivity contribution is -0.124. The molecule has 6 nitrogen and oxygen atoms in total. The molecule has 1 amide bonds. The average molecular weight is 381 g/mol. The molecule has 1 atom stereocenters. The van der Waals surface area contributed by atoms with E-state index in [0.29, 0.717) is 18.0 Å². The average Bonchev–Trinajstić information content (AvgIpc) is 3.16. The van der Waals surface area contributed by atoms with Gasteiger partial charge in [0.2, 0.25) is 0 Å². The second kappa shape index (κ2) is 8.97. The summed E-state index contributed by atoms with van der Waals surface area (Å²) in [6.07, 6.45) is 1.10. The maximum atomic E-state index is 12.3. The molecule has 0 aromatic heterocycles. The number of carbonyl (C=O) groups excluding carboxylic acids is 1. The molecule has 26 heavy (non-hydrogen) atoms. The number of methoxy groups -OCH3 is 1. The van der Waals surface area contributed by atoms with E-state index in [0.717, 1.165) is 49.8 Å². The number of nitrogens with zero attached hydrogens (tertiary/aromatic N) is 1. The smallest absolute Gasteiger partial charge is 0.258 e. The molecule has 2 aliphatic rings. The van der Waals surface area contributed by atoms with Crippen LogP contribution in [-0.4, -0.2) is 74.4 Å². The van der Waals surface area contributed by atoms with Gasteiger partial charge in [0.05, 0.1) is 20.3 Å². The third-order valence-corrected chi connectivity index (χ3v) is 6.29. The van der Waals surface area contributed by atoms with Crippen molar-refractivity contribution in [1.82, 2.24) is 10.2 Å². The van der Waals surface area contributed by atoms with Crippen molar-refractivity contribution in [2.75, 3.05) is 58.1 Å². The van der Waals surface area contributed by atoms with Crippen LogP contribution in [0.2, 0.25) is 0 Å². The third kappa shape index (κ3) is 4.64. The van der Waals surface area contributed by atoms with Gasteiger partial charge in [-0.3, -0.25) is 9.69 Å². The number of benzene rings is 1. The zero-order valence-electron chi connectivity index (χ0n) is 15.6. The molecule has 3 rings (SSSR count). The summed E-state index contributed by atoms with van der Waals surface area (Å²) in [6, 6.07) is 5.68. The Hall–Kier alpha value is -1.44. The first-order chi connectivity index (χ1) is 12.6. The minimum atomic E-state index is -0.0998. The van der Waals surface area contributed by atoms with Crippen LogP contribution in [0.5, 0.6) is 11.5 Å². The summed E-state index contributed by atoms with van der Waals surface area (Å²) < 4.78 is 16.5. The minimum absolute atomic E-state index is 0.00818. The van der Waals surface area contributed by atoms with E-state index in [1.54, 1.807) is 7.11 Å². The Morgan fingerprint density at radius 3 is 2.85 bits per heavy atom. The summed E-state index contributed by atoms with van der Waals surface area (Å²) in [5.41, 5.74) is 1.14. The van der Waals surface area contributed by atoms with Crippen LogP contribution in [0.3, 0.4) is 0 Å². The van der Waals surface area contributed by atoms with Crippen molar-refractivity contribution in [2.24, 2.45) is 0 Å². The fourth-order valence-electron chi connectivity index (χ4n) is 3.49. The number of amides is 1. The monoisotopic (exact) mass is 380 g/mol. The molecule has 2 aliphatic heterocycles. The standard InChI is InChI=1S/C19H28N2O4S/c1-15-3-4-16(17(11-15)23-2)25-12-18(22)20-13-19(5-10-26-14-19)21-6-8-24-9-7-21/h3-4,11H,5-10,12-14H2,1-2H3,(H,20,22). The van der Waals surface area contributed by atoms with Gasteiger partial charge in [0.15, 0.2) is 18.1 Å². The summed E-state index contributed by atoms with van der Waals surface area (Å²) in [5.74, 6) is 3.34. The highest BCUT2D eigenvalue weighted by atomic mass is 32.2. The first-order valence-corrected chi connectivity index (χ1v) is 10.2. The molecule has 2 heterocycles. The van der Waals surface area contributed by atoms with Gasteiger partial charge in [0.25, 0.3) is 5.91 Å². The topological polar surface area (TPSA) is 60.0 Å². The highest BCUT2D eigenvalue weighted by molar-refractivity contribution is 7.99. The molecule has 144 valence electrons. The number of thioether (sulfide) groups is 1. The van der Waals surface area contributed by atoms with E-state index in [-0.39, 0.29) is 18.1 Å². The zero-order chi connectivity index (χ0) is 18.4. The van der Waals surface area contributed by atoms with E-state index in [1.165, 1.54) is 0 Å². The molecule has 1 aromatic carbocycles. The van der Waals surface area contributed by atoms with Gasteiger partial charge in [-0.05, 0) is 36.8 Å². The van der Waals surface area contributed by atoms with Gasteiger partial charge >= 0.3 is 0 Å². The Bertz CT molecular complexity index is 614. The second-order valence-corrected chi connectivity index (χ2v) is 7.95. The van der Waals surface area contributed by atoms with Crippen molar-refractivity contribution in [1.29, 1.82) is 0 Å². The van der Waals surface area contributed by atoms with Crippen LogP contribution in [0.1, 0.15) is 12.0 Å². The van der Waals surface area contributed by atoms with Crippen LogP contribution in [-0.2, 0) is 9.53 Å². The van der Waals surface area contributed by atoms with Crippen LogP contribution < -0.4 is 14.8 Å². The number of hydrogen-bond acceptors (Lipinski definition) is 6. The van der Waals surface area contributed by atoms with Crippen LogP contribution in [0.4, 0.5) is 0 Å². The molecular weight excluding hydrogens is 352 g/mol. The highest BCUT2D eigenvalue weighted by Gasteiger charge is 2.40. The fraction of sp³-hybridized carbons (Fsp3) is 0.632. The molecule has 1 N–H and O–H groups in total. The maximum absolute atomic E-state index is 12.3. The molecular formula is C19H28N2O4S. The minimum Gasteiger partial charge on any atom is -0.493 e. The van der Waals surface area contributed by atoms with Crippen molar-refractivity contribution in [2.45, 2.75) is 18.9 Å². The molecule has 0 aliphatic carbocycles. The fourth-order valence-corrected chi connectivity index (χ4v) is 4.96. The molecule has 0 spiro atoms. The van der Waals surface area contributed by atoms with Gasteiger partial charge in [-0.2, -0.15) is 11.8 Å². The molecule has 0 bridgehead atoms. The Kier molecular flexibility index (Phi) is 6.67. The molecule has 0 radical (unpaired) electrons. The molecule has 7 heteroatoms. The lowest BCUT2D eigenvalue weighted by atomic mass is 9.95. The van der Waals surface area contributed by atoms with Crippen LogP contribution in [0.25, 0.3) is 0 Å². The van der Waals surface area contributed by atoms with Crippen molar-refractivity contribution in [3.8, 4) is 11.5 Å². The normalized spacial score (nSPS) is 23.6. The predicted molar refractivity (Wildman–Crippen MR) is 103 cm³/mol. The van der Waals surface area contributed by atoms with E-state index >= 15 is 0 Å². The predicted octanol–water partition coefficient (Wildman–Crippen LogP) is 1.71. The van der Waals surface area contributed by atoms with Crippen LogP contribution in [0.15, 0.2) is 18.2 Å². The maximum Gasteiger partial charge on any atom is 0.258 e. The van der Waals surface area contributed by atoms with Gasteiger partial charge in [-0.25, -0.2) is 0 Å². The lowest BCUT2D eigenvalue weighted by Crippen LogP contribution is -2.59. The third-order valence-electron chi connectivity index (χ3n) is 5.06. The Labute approximate surface area is 159 Å². The molecule has 1 aromatic rings. The van der Waals surface area contributed by atoms with Crippen LogP contribution >= 0.6 is 11.8 Å². The summed E-state index contributed by atoms with van der Waals surface area (Å²) >= 11 is 1.96. The van der Waals surface area contributed by atoms with E-state index in [9.17, 15) is 4.79 Å². The number of nitrogens with one attached hydrogen (secondary N) is 1. The largest absolute Gasteiger partial charge is 0.493 e. The van der Waals surface area contributed by atoms with Gasteiger partial charge in [-0.1, -0.05) is 6.07 Å². The summed E-state index contributed by atoms with van der Waals surface area (Å²) in [4.78, 5) is 14.8. The number of carbonyl (C=O) groups is 1. The van der Waals surface area contributed by atoms with Gasteiger partial charge < -0.3 is 19.5 Å². The summed E-state index contributed by atoms with van der Waals surface area (Å²) in [6.45, 7) is 6.07. The number of ether oxygens (including phenoxy) is 3. The highest BCUT2D eigenvalue weighted by Crippen LogP contribution is 2.33. The van der Waals surface area contributed by atoms with Crippen molar-refractivity contribution in [3.05, 3.63) is 23.8 Å². The number of aryl methyl sites for hydroxylation is 1. The van der Waals surface area contributed by atoms with E-state index in [2.05, 4.69) is 10.2 Å². The van der Waals surface area contributed by atoms with Gasteiger partial charge in [0.1, 0.15) is 0 Å². The Balaban J connectivity index is 1.53. The van der Waals surface area contributed by atoms with Gasteiger partial charge in [-0.15, -0.1) is 0 Å². The number of hydrogen-bond donors (Lipinski definition) is 1. The molecule has 1 unspecified atom stereocenters. The number of rotatable bonds is 7. The molecule has 2 saturated heterocycles.